The molecule has 4 nitrogen and oxygen atoms in total. The molecule has 1 aromatic carbocycles. The number of rotatable bonds is 2. The number of amides is 3. The van der Waals surface area contributed by atoms with Crippen molar-refractivity contribution in [3.63, 3.8) is 0 Å². The Morgan fingerprint density at radius 1 is 1.24 bits per heavy atom. The zero-order valence-corrected chi connectivity index (χ0v) is 8.87. The van der Waals surface area contributed by atoms with Gasteiger partial charge in [-0.25, -0.2) is 13.6 Å². The Hall–Kier alpha value is -1.98. The van der Waals surface area contributed by atoms with Gasteiger partial charge in [0.2, 0.25) is 5.91 Å². The van der Waals surface area contributed by atoms with E-state index < -0.39 is 17.7 Å². The monoisotopic (exact) mass is 240 g/mol. The Morgan fingerprint density at radius 3 is 2.65 bits per heavy atom. The van der Waals surface area contributed by atoms with Crippen LogP contribution in [0, 0.1) is 11.6 Å². The van der Waals surface area contributed by atoms with Gasteiger partial charge in [0, 0.05) is 19.5 Å². The van der Waals surface area contributed by atoms with E-state index in [1.165, 1.54) is 11.0 Å². The number of carbonyl (C=O) groups is 2. The number of nitrogens with one attached hydrogen (secondary N) is 1. The lowest BCUT2D eigenvalue weighted by atomic mass is 10.2. The van der Waals surface area contributed by atoms with E-state index in [1.54, 1.807) is 0 Å². The van der Waals surface area contributed by atoms with Crippen LogP contribution in [-0.4, -0.2) is 23.4 Å². The Morgan fingerprint density at radius 2 is 2.00 bits per heavy atom. The van der Waals surface area contributed by atoms with Gasteiger partial charge in [0.25, 0.3) is 0 Å². The molecule has 6 heteroatoms. The summed E-state index contributed by atoms with van der Waals surface area (Å²) >= 11 is 0. The second-order valence-electron chi connectivity index (χ2n) is 3.77. The molecule has 17 heavy (non-hydrogen) atoms. The lowest BCUT2D eigenvalue weighted by Gasteiger charge is -2.26. The molecule has 0 atom stereocenters. The van der Waals surface area contributed by atoms with Crippen LogP contribution in [-0.2, 0) is 11.3 Å². The molecule has 1 fully saturated rings. The molecular weight excluding hydrogens is 230 g/mol. The van der Waals surface area contributed by atoms with Crippen molar-refractivity contribution >= 4 is 11.9 Å². The Balaban J connectivity index is 2.08. The quantitative estimate of drug-likeness (QED) is 0.849. The molecule has 0 bridgehead atoms. The van der Waals surface area contributed by atoms with Gasteiger partial charge < -0.3 is 4.90 Å². The second kappa shape index (κ2) is 4.48. The number of imide groups is 1. The minimum atomic E-state index is -0.948. The number of carbonyl (C=O) groups excluding carboxylic acids is 2. The van der Waals surface area contributed by atoms with E-state index in [-0.39, 0.29) is 25.4 Å². The third-order valence-corrected chi connectivity index (χ3v) is 2.50. The average molecular weight is 240 g/mol. The van der Waals surface area contributed by atoms with Gasteiger partial charge in [-0.15, -0.1) is 0 Å². The van der Waals surface area contributed by atoms with Crippen molar-refractivity contribution in [2.45, 2.75) is 13.0 Å². The molecule has 0 unspecified atom stereocenters. The van der Waals surface area contributed by atoms with E-state index >= 15 is 0 Å². The first kappa shape index (κ1) is 11.5. The number of urea groups is 1. The minimum Gasteiger partial charge on any atom is -0.320 e. The first-order valence-corrected chi connectivity index (χ1v) is 5.09. The van der Waals surface area contributed by atoms with Gasteiger partial charge in [-0.05, 0) is 17.7 Å². The van der Waals surface area contributed by atoms with Crippen LogP contribution in [0.15, 0.2) is 18.2 Å². The molecule has 0 spiro atoms. The molecular formula is C11H10F2N2O2. The lowest BCUT2D eigenvalue weighted by molar-refractivity contribution is -0.121. The summed E-state index contributed by atoms with van der Waals surface area (Å²) in [4.78, 5) is 23.7. The van der Waals surface area contributed by atoms with Crippen molar-refractivity contribution in [3.8, 4) is 0 Å². The molecule has 1 saturated heterocycles. The first-order valence-electron chi connectivity index (χ1n) is 5.09. The van der Waals surface area contributed by atoms with Crippen molar-refractivity contribution in [2.75, 3.05) is 6.54 Å². The van der Waals surface area contributed by atoms with Crippen LogP contribution < -0.4 is 5.32 Å². The van der Waals surface area contributed by atoms with E-state index in [0.29, 0.717) is 5.56 Å². The zero-order valence-electron chi connectivity index (χ0n) is 8.87. The summed E-state index contributed by atoms with van der Waals surface area (Å²) in [5.41, 5.74) is 0.480. The van der Waals surface area contributed by atoms with Gasteiger partial charge in [0.05, 0.1) is 0 Å². The summed E-state index contributed by atoms with van der Waals surface area (Å²) < 4.78 is 25.6. The predicted octanol–water partition coefficient (Wildman–Crippen LogP) is 1.41. The van der Waals surface area contributed by atoms with Gasteiger partial charge in [0.15, 0.2) is 11.6 Å². The van der Waals surface area contributed by atoms with Crippen LogP contribution >= 0.6 is 0 Å². The third kappa shape index (κ3) is 2.58. The van der Waals surface area contributed by atoms with E-state index in [9.17, 15) is 18.4 Å². The number of hydrogen-bond acceptors (Lipinski definition) is 2. The zero-order chi connectivity index (χ0) is 12.4. The summed E-state index contributed by atoms with van der Waals surface area (Å²) in [6.45, 7) is 0.431. The molecule has 2 rings (SSSR count). The number of nitrogens with zero attached hydrogens (tertiary/aromatic N) is 1. The molecule has 3 amide bonds. The number of halogens is 2. The Labute approximate surface area is 96.2 Å². The van der Waals surface area contributed by atoms with Crippen molar-refractivity contribution in [1.82, 2.24) is 10.2 Å². The van der Waals surface area contributed by atoms with Gasteiger partial charge in [-0.1, -0.05) is 6.07 Å². The summed E-state index contributed by atoms with van der Waals surface area (Å²) in [6.07, 6.45) is 0.218. The van der Waals surface area contributed by atoms with E-state index in [1.807, 2.05) is 0 Å². The van der Waals surface area contributed by atoms with Crippen molar-refractivity contribution in [1.29, 1.82) is 0 Å². The van der Waals surface area contributed by atoms with Gasteiger partial charge in [-0.2, -0.15) is 0 Å². The fourth-order valence-electron chi connectivity index (χ4n) is 1.61. The normalized spacial score (nSPS) is 16.0. The smallest absolute Gasteiger partial charge is 0.320 e. The predicted molar refractivity (Wildman–Crippen MR) is 54.9 cm³/mol. The van der Waals surface area contributed by atoms with Crippen LogP contribution in [0.1, 0.15) is 12.0 Å². The topological polar surface area (TPSA) is 49.4 Å². The summed E-state index contributed by atoms with van der Waals surface area (Å²) in [5.74, 6) is -2.19. The minimum absolute atomic E-state index is 0.149. The molecule has 1 aliphatic heterocycles. The fraction of sp³-hybridized carbons (Fsp3) is 0.273. The van der Waals surface area contributed by atoms with Crippen LogP contribution in [0.25, 0.3) is 0 Å². The standard InChI is InChI=1S/C11H10F2N2O2/c12-8-2-1-7(5-9(8)13)6-15-4-3-10(16)14-11(15)17/h1-2,5H,3-4,6H2,(H,14,16,17). The first-order chi connectivity index (χ1) is 8.06. The highest BCUT2D eigenvalue weighted by Crippen LogP contribution is 2.12. The molecule has 0 aliphatic carbocycles. The van der Waals surface area contributed by atoms with Crippen molar-refractivity contribution in [2.24, 2.45) is 0 Å². The van der Waals surface area contributed by atoms with Gasteiger partial charge in [0.1, 0.15) is 0 Å². The fourth-order valence-corrected chi connectivity index (χ4v) is 1.61. The highest BCUT2D eigenvalue weighted by molar-refractivity contribution is 5.96. The van der Waals surface area contributed by atoms with Crippen molar-refractivity contribution < 1.29 is 18.4 Å². The molecule has 1 aliphatic rings. The number of benzene rings is 1. The highest BCUT2D eigenvalue weighted by Gasteiger charge is 2.22. The number of hydrogen-bond donors (Lipinski definition) is 1. The molecule has 1 N–H and O–H groups in total. The SMILES string of the molecule is O=C1CCN(Cc2ccc(F)c(F)c2)C(=O)N1. The van der Waals surface area contributed by atoms with Gasteiger partial charge in [-0.3, -0.25) is 10.1 Å². The molecule has 0 aromatic heterocycles. The molecule has 0 saturated carbocycles. The maximum absolute atomic E-state index is 12.9. The van der Waals surface area contributed by atoms with Crippen LogP contribution in [0.5, 0.6) is 0 Å². The summed E-state index contributed by atoms with van der Waals surface area (Å²) in [6, 6.07) is 2.95. The van der Waals surface area contributed by atoms with Crippen LogP contribution in [0.2, 0.25) is 0 Å². The van der Waals surface area contributed by atoms with Crippen LogP contribution in [0.4, 0.5) is 13.6 Å². The van der Waals surface area contributed by atoms with Crippen molar-refractivity contribution in [3.05, 3.63) is 35.4 Å². The molecule has 1 heterocycles. The maximum Gasteiger partial charge on any atom is 0.324 e. The molecule has 1 aromatic rings. The second-order valence-corrected chi connectivity index (χ2v) is 3.77. The Kier molecular flexibility index (Phi) is 3.03. The third-order valence-electron chi connectivity index (χ3n) is 2.50. The van der Waals surface area contributed by atoms with E-state index in [2.05, 4.69) is 5.32 Å². The molecule has 0 radical (unpaired) electrons. The van der Waals surface area contributed by atoms with E-state index in [4.69, 9.17) is 0 Å². The summed E-state index contributed by atoms with van der Waals surface area (Å²) in [7, 11) is 0. The molecule has 90 valence electrons. The van der Waals surface area contributed by atoms with E-state index in [0.717, 1.165) is 12.1 Å². The van der Waals surface area contributed by atoms with Gasteiger partial charge >= 0.3 is 6.03 Å². The van der Waals surface area contributed by atoms with Crippen LogP contribution in [0.3, 0.4) is 0 Å². The Bertz CT molecular complexity index is 477. The summed E-state index contributed by atoms with van der Waals surface area (Å²) in [5, 5.41) is 2.16. The maximum atomic E-state index is 12.9. The highest BCUT2D eigenvalue weighted by atomic mass is 19.2. The largest absolute Gasteiger partial charge is 0.324 e. The lowest BCUT2D eigenvalue weighted by Crippen LogP contribution is -2.48. The average Bonchev–Trinajstić information content (AvgIpc) is 2.27.